The molecule has 0 saturated heterocycles. The largest absolute Gasteiger partial charge is 0.484 e. The number of nitrogens with zero attached hydrogens (tertiary/aromatic N) is 1. The van der Waals surface area contributed by atoms with E-state index in [-0.39, 0.29) is 22.9 Å². The standard InChI is InChI=1S/C22H21N3O6S/c1-15-6-7-18(12-16(15)2)24-32(29,30)21-10-8-20(9-11-21)31-14-22(26)23-17-4-3-5-19(13-17)25(27)28/h3-13,24H,14H2,1-2H3,(H,23,26). The van der Waals surface area contributed by atoms with Gasteiger partial charge in [0.05, 0.1) is 9.82 Å². The molecule has 0 atom stereocenters. The van der Waals surface area contributed by atoms with Crippen molar-refractivity contribution in [1.82, 2.24) is 0 Å². The van der Waals surface area contributed by atoms with Crippen molar-refractivity contribution in [3.05, 3.63) is 88.0 Å². The van der Waals surface area contributed by atoms with Gasteiger partial charge in [-0.05, 0) is 67.4 Å². The Labute approximate surface area is 185 Å². The Hall–Kier alpha value is -3.92. The SMILES string of the molecule is Cc1ccc(NS(=O)(=O)c2ccc(OCC(=O)Nc3cccc([N+](=O)[O-])c3)cc2)cc1C. The summed E-state index contributed by atoms with van der Waals surface area (Å²) in [5.74, 6) is -0.220. The summed E-state index contributed by atoms with van der Waals surface area (Å²) in [5.41, 5.74) is 2.62. The second kappa shape index (κ2) is 9.48. The molecular weight excluding hydrogens is 434 g/mol. The number of non-ortho nitro benzene ring substituents is 1. The normalized spacial score (nSPS) is 10.9. The van der Waals surface area contributed by atoms with Gasteiger partial charge in [0.1, 0.15) is 5.75 Å². The van der Waals surface area contributed by atoms with Gasteiger partial charge in [0.25, 0.3) is 21.6 Å². The first-order valence-electron chi connectivity index (χ1n) is 9.51. The highest BCUT2D eigenvalue weighted by atomic mass is 32.2. The lowest BCUT2D eigenvalue weighted by atomic mass is 10.1. The molecule has 0 saturated carbocycles. The number of amides is 1. The second-order valence-corrected chi connectivity index (χ2v) is 8.70. The molecule has 3 aromatic carbocycles. The molecule has 0 radical (unpaired) electrons. The van der Waals surface area contributed by atoms with E-state index in [1.54, 1.807) is 12.1 Å². The molecule has 0 unspecified atom stereocenters. The zero-order valence-corrected chi connectivity index (χ0v) is 18.2. The Morgan fingerprint density at radius 3 is 2.34 bits per heavy atom. The molecule has 166 valence electrons. The maximum Gasteiger partial charge on any atom is 0.271 e. The highest BCUT2D eigenvalue weighted by Crippen LogP contribution is 2.21. The number of hydrogen-bond acceptors (Lipinski definition) is 6. The van der Waals surface area contributed by atoms with Gasteiger partial charge >= 0.3 is 0 Å². The van der Waals surface area contributed by atoms with Gasteiger partial charge in [-0.1, -0.05) is 12.1 Å². The molecule has 9 nitrogen and oxygen atoms in total. The quantitative estimate of drug-likeness (QED) is 0.390. The number of aryl methyl sites for hydroxylation is 2. The minimum atomic E-state index is -3.78. The van der Waals surface area contributed by atoms with Gasteiger partial charge in [0.15, 0.2) is 6.61 Å². The van der Waals surface area contributed by atoms with E-state index >= 15 is 0 Å². The number of sulfonamides is 1. The van der Waals surface area contributed by atoms with Crippen molar-refractivity contribution in [3.63, 3.8) is 0 Å². The number of rotatable bonds is 8. The van der Waals surface area contributed by atoms with Crippen molar-refractivity contribution >= 4 is 33.0 Å². The van der Waals surface area contributed by atoms with Gasteiger partial charge in [0, 0.05) is 23.5 Å². The van der Waals surface area contributed by atoms with E-state index in [0.29, 0.717) is 11.4 Å². The number of nitro groups is 1. The fraction of sp³-hybridized carbons (Fsp3) is 0.136. The van der Waals surface area contributed by atoms with E-state index < -0.39 is 20.9 Å². The molecule has 0 heterocycles. The number of hydrogen-bond donors (Lipinski definition) is 2. The van der Waals surface area contributed by atoms with Gasteiger partial charge in [-0.15, -0.1) is 0 Å². The van der Waals surface area contributed by atoms with Crippen LogP contribution in [0.15, 0.2) is 71.6 Å². The summed E-state index contributed by atoms with van der Waals surface area (Å²) in [6, 6.07) is 16.4. The number of nitro benzene ring substituents is 1. The van der Waals surface area contributed by atoms with E-state index in [4.69, 9.17) is 4.74 Å². The van der Waals surface area contributed by atoms with Gasteiger partial charge in [-0.2, -0.15) is 0 Å². The van der Waals surface area contributed by atoms with Crippen molar-refractivity contribution < 1.29 is 22.9 Å². The predicted molar refractivity (Wildman–Crippen MR) is 120 cm³/mol. The molecule has 0 aromatic heterocycles. The van der Waals surface area contributed by atoms with Crippen molar-refractivity contribution in [3.8, 4) is 5.75 Å². The van der Waals surface area contributed by atoms with Crippen LogP contribution in [0.5, 0.6) is 5.75 Å². The van der Waals surface area contributed by atoms with Crippen molar-refractivity contribution in [2.45, 2.75) is 18.7 Å². The van der Waals surface area contributed by atoms with Gasteiger partial charge in [-0.25, -0.2) is 8.42 Å². The third-order valence-electron chi connectivity index (χ3n) is 4.60. The maximum atomic E-state index is 12.6. The molecule has 10 heteroatoms. The smallest absolute Gasteiger partial charge is 0.271 e. The van der Waals surface area contributed by atoms with E-state index in [1.807, 2.05) is 19.9 Å². The monoisotopic (exact) mass is 455 g/mol. The molecule has 0 bridgehead atoms. The lowest BCUT2D eigenvalue weighted by Crippen LogP contribution is -2.20. The van der Waals surface area contributed by atoms with Gasteiger partial charge in [-0.3, -0.25) is 19.6 Å². The summed E-state index contributed by atoms with van der Waals surface area (Å²) in [4.78, 5) is 22.3. The number of anilines is 2. The Morgan fingerprint density at radius 1 is 0.969 bits per heavy atom. The van der Waals surface area contributed by atoms with E-state index in [9.17, 15) is 23.3 Å². The zero-order chi connectivity index (χ0) is 23.3. The molecule has 0 aliphatic heterocycles. The second-order valence-electron chi connectivity index (χ2n) is 7.02. The van der Waals surface area contributed by atoms with E-state index in [1.165, 1.54) is 48.5 Å². The van der Waals surface area contributed by atoms with Gasteiger partial charge < -0.3 is 10.1 Å². The van der Waals surface area contributed by atoms with Crippen LogP contribution in [-0.2, 0) is 14.8 Å². The van der Waals surface area contributed by atoms with Crippen LogP contribution >= 0.6 is 0 Å². The number of benzene rings is 3. The summed E-state index contributed by atoms with van der Waals surface area (Å²) in [5, 5.41) is 13.3. The Kier molecular flexibility index (Phi) is 6.74. The predicted octanol–water partition coefficient (Wildman–Crippen LogP) is 4.03. The topological polar surface area (TPSA) is 128 Å². The van der Waals surface area contributed by atoms with E-state index in [2.05, 4.69) is 10.0 Å². The third kappa shape index (κ3) is 5.82. The molecular formula is C22H21N3O6S. The van der Waals surface area contributed by atoms with Crippen LogP contribution in [0.2, 0.25) is 0 Å². The summed E-state index contributed by atoms with van der Waals surface area (Å²) < 4.78 is 33.1. The average Bonchev–Trinajstić information content (AvgIpc) is 2.75. The molecule has 0 aliphatic carbocycles. The highest BCUT2D eigenvalue weighted by molar-refractivity contribution is 7.92. The first-order valence-corrected chi connectivity index (χ1v) is 11.0. The Balaban J connectivity index is 1.59. The molecule has 0 aliphatic rings. The number of carbonyl (C=O) groups excluding carboxylic acids is 1. The summed E-state index contributed by atoms with van der Waals surface area (Å²) >= 11 is 0. The minimum absolute atomic E-state index is 0.0455. The summed E-state index contributed by atoms with van der Waals surface area (Å²) in [6.45, 7) is 3.49. The van der Waals surface area contributed by atoms with Crippen molar-refractivity contribution in [1.29, 1.82) is 0 Å². The first kappa shape index (κ1) is 22.8. The van der Waals surface area contributed by atoms with Gasteiger partial charge in [0.2, 0.25) is 0 Å². The fourth-order valence-corrected chi connectivity index (χ4v) is 3.83. The number of nitrogens with one attached hydrogen (secondary N) is 2. The average molecular weight is 455 g/mol. The first-order chi connectivity index (χ1) is 15.1. The number of ether oxygens (including phenoxy) is 1. The highest BCUT2D eigenvalue weighted by Gasteiger charge is 2.15. The van der Waals surface area contributed by atoms with Crippen molar-refractivity contribution in [2.75, 3.05) is 16.6 Å². The maximum absolute atomic E-state index is 12.6. The molecule has 3 rings (SSSR count). The summed E-state index contributed by atoms with van der Waals surface area (Å²) in [7, 11) is -3.78. The molecule has 32 heavy (non-hydrogen) atoms. The van der Waals surface area contributed by atoms with Crippen LogP contribution in [-0.4, -0.2) is 25.9 Å². The third-order valence-corrected chi connectivity index (χ3v) is 6.00. The van der Waals surface area contributed by atoms with Crippen LogP contribution in [0.4, 0.5) is 17.1 Å². The van der Waals surface area contributed by atoms with Crippen LogP contribution in [0.3, 0.4) is 0 Å². The Bertz CT molecular complexity index is 1260. The molecule has 1 amide bonds. The molecule has 3 aromatic rings. The van der Waals surface area contributed by atoms with Crippen LogP contribution in [0.1, 0.15) is 11.1 Å². The number of carbonyl (C=O) groups is 1. The fourth-order valence-electron chi connectivity index (χ4n) is 2.78. The lowest BCUT2D eigenvalue weighted by molar-refractivity contribution is -0.384. The zero-order valence-electron chi connectivity index (χ0n) is 17.4. The van der Waals surface area contributed by atoms with Crippen molar-refractivity contribution in [2.24, 2.45) is 0 Å². The van der Waals surface area contributed by atoms with Crippen LogP contribution in [0, 0.1) is 24.0 Å². The molecule has 2 N–H and O–H groups in total. The van der Waals surface area contributed by atoms with Crippen LogP contribution in [0.25, 0.3) is 0 Å². The molecule has 0 fully saturated rings. The summed E-state index contributed by atoms with van der Waals surface area (Å²) in [6.07, 6.45) is 0. The van der Waals surface area contributed by atoms with Crippen LogP contribution < -0.4 is 14.8 Å². The lowest BCUT2D eigenvalue weighted by Gasteiger charge is -2.11. The molecule has 0 spiro atoms. The van der Waals surface area contributed by atoms with E-state index in [0.717, 1.165) is 11.1 Å². The minimum Gasteiger partial charge on any atom is -0.484 e. The Morgan fingerprint density at radius 2 is 1.69 bits per heavy atom.